The van der Waals surface area contributed by atoms with Gasteiger partial charge in [-0.3, -0.25) is 0 Å². The maximum atomic E-state index is 13.2. The van der Waals surface area contributed by atoms with Gasteiger partial charge in [0, 0.05) is 5.56 Å². The highest BCUT2D eigenvalue weighted by Gasteiger charge is 2.30. The van der Waals surface area contributed by atoms with E-state index in [1.54, 1.807) is 0 Å². The first kappa shape index (κ1) is 9.59. The third-order valence-electron chi connectivity index (χ3n) is 2.87. The first-order valence-electron chi connectivity index (χ1n) is 4.80. The Labute approximate surface area is 81.4 Å². The van der Waals surface area contributed by atoms with E-state index in [4.69, 9.17) is 0 Å². The molecule has 0 N–H and O–H groups in total. The fraction of sp³-hybridized carbons (Fsp3) is 0.455. The van der Waals surface area contributed by atoms with Crippen LogP contribution in [0, 0.1) is 17.6 Å². The fourth-order valence-corrected chi connectivity index (χ4v) is 1.74. The predicted molar refractivity (Wildman–Crippen MR) is 47.1 cm³/mol. The van der Waals surface area contributed by atoms with Crippen LogP contribution in [0.5, 0.6) is 0 Å². The lowest BCUT2D eigenvalue weighted by molar-refractivity contribution is -0.000441. The molecule has 14 heavy (non-hydrogen) atoms. The van der Waals surface area contributed by atoms with Crippen molar-refractivity contribution >= 4 is 0 Å². The summed E-state index contributed by atoms with van der Waals surface area (Å²) >= 11 is 0. The zero-order chi connectivity index (χ0) is 10.1. The minimum Gasteiger partial charge on any atom is -0.227 e. The van der Waals surface area contributed by atoms with E-state index in [0.29, 0.717) is 0 Å². The zero-order valence-corrected chi connectivity index (χ0v) is 7.67. The van der Waals surface area contributed by atoms with Gasteiger partial charge in [0.15, 0.2) is 11.6 Å². The van der Waals surface area contributed by atoms with E-state index in [9.17, 15) is 13.9 Å². The largest absolute Gasteiger partial charge is 0.227 e. The second kappa shape index (κ2) is 3.65. The van der Waals surface area contributed by atoms with Crippen molar-refractivity contribution in [2.24, 2.45) is 5.92 Å². The van der Waals surface area contributed by atoms with Gasteiger partial charge in [0.1, 0.15) is 6.10 Å². The molecule has 1 aliphatic carbocycles. The van der Waals surface area contributed by atoms with Gasteiger partial charge in [-0.25, -0.2) is 13.9 Å². The standard InChI is InChI=1S/C11H11F2O/c12-9-6-2-5-8(10(9)13)11(14)7-3-1-4-7/h2,5-7,11H,1,3-4H2. The number of rotatable bonds is 2. The van der Waals surface area contributed by atoms with Crippen LogP contribution in [0.15, 0.2) is 18.2 Å². The normalized spacial score (nSPS) is 19.1. The van der Waals surface area contributed by atoms with Crippen LogP contribution in [-0.4, -0.2) is 0 Å². The fourth-order valence-electron chi connectivity index (χ4n) is 1.74. The van der Waals surface area contributed by atoms with E-state index >= 15 is 0 Å². The van der Waals surface area contributed by atoms with Crippen LogP contribution in [0.2, 0.25) is 0 Å². The summed E-state index contributed by atoms with van der Waals surface area (Å²) in [5.74, 6) is -1.91. The molecule has 0 bridgehead atoms. The van der Waals surface area contributed by atoms with Crippen LogP contribution in [0.25, 0.3) is 0 Å². The van der Waals surface area contributed by atoms with Gasteiger partial charge in [0.2, 0.25) is 0 Å². The maximum Gasteiger partial charge on any atom is 0.164 e. The first-order valence-corrected chi connectivity index (χ1v) is 4.80. The van der Waals surface area contributed by atoms with Crippen LogP contribution in [-0.2, 0) is 5.11 Å². The topological polar surface area (TPSA) is 19.9 Å². The molecule has 1 nitrogen and oxygen atoms in total. The molecule has 1 aromatic rings. The zero-order valence-electron chi connectivity index (χ0n) is 7.67. The van der Waals surface area contributed by atoms with Gasteiger partial charge < -0.3 is 0 Å². The van der Waals surface area contributed by atoms with Gasteiger partial charge in [0.25, 0.3) is 0 Å². The smallest absolute Gasteiger partial charge is 0.164 e. The van der Waals surface area contributed by atoms with E-state index < -0.39 is 17.7 Å². The third-order valence-corrected chi connectivity index (χ3v) is 2.87. The van der Waals surface area contributed by atoms with E-state index in [-0.39, 0.29) is 11.5 Å². The quantitative estimate of drug-likeness (QED) is 0.693. The second-order valence-corrected chi connectivity index (χ2v) is 3.75. The van der Waals surface area contributed by atoms with Crippen molar-refractivity contribution in [1.82, 2.24) is 0 Å². The summed E-state index contributed by atoms with van der Waals surface area (Å²) in [5, 5.41) is 11.7. The van der Waals surface area contributed by atoms with Crippen molar-refractivity contribution in [1.29, 1.82) is 0 Å². The van der Waals surface area contributed by atoms with Gasteiger partial charge in [-0.1, -0.05) is 18.6 Å². The lowest BCUT2D eigenvalue weighted by Crippen LogP contribution is -2.20. The Bertz CT molecular complexity index is 334. The van der Waals surface area contributed by atoms with Gasteiger partial charge in [-0.05, 0) is 24.8 Å². The molecule has 2 rings (SSSR count). The molecule has 0 saturated heterocycles. The molecule has 1 radical (unpaired) electrons. The molecule has 1 aliphatic rings. The second-order valence-electron chi connectivity index (χ2n) is 3.75. The summed E-state index contributed by atoms with van der Waals surface area (Å²) in [6, 6.07) is 3.80. The molecule has 75 valence electrons. The van der Waals surface area contributed by atoms with Crippen LogP contribution < -0.4 is 0 Å². The van der Waals surface area contributed by atoms with Gasteiger partial charge >= 0.3 is 0 Å². The Morgan fingerprint density at radius 2 is 2.00 bits per heavy atom. The average Bonchev–Trinajstić information content (AvgIpc) is 2.06. The molecule has 0 aromatic heterocycles. The Kier molecular flexibility index (Phi) is 2.50. The van der Waals surface area contributed by atoms with Crippen LogP contribution in [0.1, 0.15) is 30.9 Å². The number of halogens is 2. The molecule has 1 saturated carbocycles. The summed E-state index contributed by atoms with van der Waals surface area (Å²) in [7, 11) is 0. The molecule has 3 heteroatoms. The van der Waals surface area contributed by atoms with Crippen LogP contribution >= 0.6 is 0 Å². The van der Waals surface area contributed by atoms with Gasteiger partial charge in [-0.15, -0.1) is 0 Å². The van der Waals surface area contributed by atoms with Gasteiger partial charge in [-0.2, -0.15) is 0 Å². The minimum atomic E-state index is -1.10. The Balaban J connectivity index is 2.26. The summed E-state index contributed by atoms with van der Waals surface area (Å²) in [4.78, 5) is 0. The molecule has 0 heterocycles. The van der Waals surface area contributed by atoms with E-state index in [0.717, 1.165) is 25.3 Å². The first-order chi connectivity index (χ1) is 6.70. The van der Waals surface area contributed by atoms with E-state index in [1.165, 1.54) is 12.1 Å². The molecular weight excluding hydrogens is 186 g/mol. The van der Waals surface area contributed by atoms with Crippen molar-refractivity contribution in [3.63, 3.8) is 0 Å². The van der Waals surface area contributed by atoms with Gasteiger partial charge in [0.05, 0.1) is 0 Å². The molecule has 0 amide bonds. The predicted octanol–water partition coefficient (Wildman–Crippen LogP) is 3.24. The number of hydrogen-bond donors (Lipinski definition) is 0. The monoisotopic (exact) mass is 197 g/mol. The van der Waals surface area contributed by atoms with Crippen molar-refractivity contribution < 1.29 is 13.9 Å². The molecule has 1 aromatic carbocycles. The highest BCUT2D eigenvalue weighted by molar-refractivity contribution is 5.22. The van der Waals surface area contributed by atoms with Crippen LogP contribution in [0.3, 0.4) is 0 Å². The summed E-state index contributed by atoms with van der Waals surface area (Å²) in [5.41, 5.74) is -0.0188. The van der Waals surface area contributed by atoms with Crippen LogP contribution in [0.4, 0.5) is 8.78 Å². The lowest BCUT2D eigenvalue weighted by atomic mass is 9.78. The summed E-state index contributed by atoms with van der Waals surface area (Å²) in [6.45, 7) is 0. The number of benzene rings is 1. The molecular formula is C11H11F2O. The van der Waals surface area contributed by atoms with E-state index in [2.05, 4.69) is 0 Å². The number of hydrogen-bond acceptors (Lipinski definition) is 0. The molecule has 0 aliphatic heterocycles. The molecule has 0 spiro atoms. The lowest BCUT2D eigenvalue weighted by Gasteiger charge is -2.29. The average molecular weight is 197 g/mol. The van der Waals surface area contributed by atoms with Crippen molar-refractivity contribution in [2.45, 2.75) is 25.4 Å². The molecule has 1 fully saturated rings. The molecule has 1 atom stereocenters. The Hall–Kier alpha value is -0.960. The van der Waals surface area contributed by atoms with Crippen molar-refractivity contribution in [3.8, 4) is 0 Å². The highest BCUT2D eigenvalue weighted by atomic mass is 19.2. The van der Waals surface area contributed by atoms with E-state index in [1.807, 2.05) is 0 Å². The molecule has 1 unspecified atom stereocenters. The maximum absolute atomic E-state index is 13.2. The Morgan fingerprint density at radius 3 is 2.57 bits per heavy atom. The summed E-state index contributed by atoms with van der Waals surface area (Å²) in [6.07, 6.45) is 1.61. The SMILES string of the molecule is [O]C(c1cccc(F)c1F)C1CCC1. The van der Waals surface area contributed by atoms with Crippen molar-refractivity contribution in [3.05, 3.63) is 35.4 Å². The third kappa shape index (κ3) is 1.52. The summed E-state index contributed by atoms with van der Waals surface area (Å²) < 4.78 is 26.0. The van der Waals surface area contributed by atoms with Crippen molar-refractivity contribution in [2.75, 3.05) is 0 Å². The minimum absolute atomic E-state index is 0.00806. The Morgan fingerprint density at radius 1 is 1.29 bits per heavy atom. The highest BCUT2D eigenvalue weighted by Crippen LogP contribution is 2.38.